The summed E-state index contributed by atoms with van der Waals surface area (Å²) >= 11 is 12.5. The van der Waals surface area contributed by atoms with Crippen molar-refractivity contribution in [2.75, 3.05) is 19.6 Å². The van der Waals surface area contributed by atoms with E-state index < -0.39 is 87.3 Å². The number of hydrogen-bond acceptors (Lipinski definition) is 10. The van der Waals surface area contributed by atoms with Crippen LogP contribution in [0.4, 0.5) is 23.8 Å². The number of imide groups is 4. The Bertz CT molecular complexity index is 2090. The van der Waals surface area contributed by atoms with Gasteiger partial charge in [-0.1, -0.05) is 53.1 Å². The summed E-state index contributed by atoms with van der Waals surface area (Å²) in [5.74, 6) is -9.17. The summed E-state index contributed by atoms with van der Waals surface area (Å²) in [6.45, 7) is 0. The average molecular weight is 760 g/mol. The number of likely N-dealkylation sites (tertiary alicyclic amines) is 1. The van der Waals surface area contributed by atoms with Gasteiger partial charge < -0.3 is 14.6 Å². The van der Waals surface area contributed by atoms with E-state index in [2.05, 4.69) is 10.4 Å². The summed E-state index contributed by atoms with van der Waals surface area (Å²) in [5.41, 5.74) is 0.720. The number of hydrazine groups is 1. The van der Waals surface area contributed by atoms with E-state index in [-0.39, 0.29) is 24.3 Å². The summed E-state index contributed by atoms with van der Waals surface area (Å²) in [5, 5.41) is 11.4. The van der Waals surface area contributed by atoms with Crippen LogP contribution in [0.3, 0.4) is 0 Å². The Kier molecular flexibility index (Phi) is 8.49. The lowest BCUT2D eigenvalue weighted by molar-refractivity contribution is -0.140. The van der Waals surface area contributed by atoms with Crippen LogP contribution in [-0.2, 0) is 35.5 Å². The van der Waals surface area contributed by atoms with Crippen LogP contribution in [0.25, 0.3) is 0 Å². The minimum absolute atomic E-state index is 0.00372. The van der Waals surface area contributed by atoms with Gasteiger partial charge >= 0.3 is 12.3 Å². The Hall–Kier alpha value is -5.15. The van der Waals surface area contributed by atoms with Crippen molar-refractivity contribution in [1.82, 2.24) is 14.9 Å². The highest BCUT2D eigenvalue weighted by atomic mass is 35.5. The van der Waals surface area contributed by atoms with E-state index in [1.807, 2.05) is 0 Å². The van der Waals surface area contributed by atoms with Gasteiger partial charge in [0.1, 0.15) is 0 Å². The lowest BCUT2D eigenvalue weighted by atomic mass is 9.49. The largest absolute Gasteiger partial charge is 0.504 e. The third-order valence-electron chi connectivity index (χ3n) is 10.5. The van der Waals surface area contributed by atoms with Crippen LogP contribution in [0, 0.1) is 23.7 Å². The SMILES string of the molecule is COC(=O)N1C(=O)C2CC=C3C(CC4C(=O)N(Nc5ncc(C(F)(F)F)cc5Cl)C(=O)C4(c4ccc(Cl)cc4)C3c3ccc(OC)c(O)c3)C2C1=O. The molecule has 4 aliphatic rings. The molecular formula is C35H27Cl2F3N4O8. The Labute approximate surface area is 303 Å². The maximum Gasteiger partial charge on any atom is 0.423 e. The first-order valence-corrected chi connectivity index (χ1v) is 16.6. The van der Waals surface area contributed by atoms with Crippen LogP contribution in [-0.4, -0.2) is 63.9 Å². The molecule has 3 heterocycles. The van der Waals surface area contributed by atoms with E-state index in [4.69, 9.17) is 32.7 Å². The van der Waals surface area contributed by atoms with Gasteiger partial charge in [-0.15, -0.1) is 0 Å². The van der Waals surface area contributed by atoms with Crippen molar-refractivity contribution in [2.45, 2.75) is 30.4 Å². The third-order valence-corrected chi connectivity index (χ3v) is 11.0. The molecule has 52 heavy (non-hydrogen) atoms. The van der Waals surface area contributed by atoms with E-state index >= 15 is 4.79 Å². The molecule has 3 aromatic rings. The normalized spacial score (nSPS) is 26.8. The van der Waals surface area contributed by atoms with Gasteiger partial charge in [-0.2, -0.15) is 23.1 Å². The highest BCUT2D eigenvalue weighted by Crippen LogP contribution is 2.64. The first kappa shape index (κ1) is 35.3. The van der Waals surface area contributed by atoms with Crippen molar-refractivity contribution in [2.24, 2.45) is 23.7 Å². The van der Waals surface area contributed by atoms with Crippen molar-refractivity contribution in [3.05, 3.63) is 93.1 Å². The highest BCUT2D eigenvalue weighted by Gasteiger charge is 2.70. The molecule has 2 aliphatic heterocycles. The summed E-state index contributed by atoms with van der Waals surface area (Å²) in [4.78, 5) is 73.9. The van der Waals surface area contributed by atoms with Crippen molar-refractivity contribution >= 4 is 58.7 Å². The molecule has 1 saturated carbocycles. The van der Waals surface area contributed by atoms with Gasteiger partial charge in [-0.05, 0) is 60.2 Å². The molecule has 6 atom stereocenters. The number of aromatic hydroxyl groups is 1. The number of hydrogen-bond donors (Lipinski definition) is 2. The Morgan fingerprint density at radius 2 is 1.71 bits per heavy atom. The average Bonchev–Trinajstić information content (AvgIpc) is 3.49. The fourth-order valence-corrected chi connectivity index (χ4v) is 8.65. The highest BCUT2D eigenvalue weighted by molar-refractivity contribution is 6.33. The Morgan fingerprint density at radius 3 is 2.33 bits per heavy atom. The number of phenolic OH excluding ortho intramolecular Hbond substituents is 1. The molecule has 2 aliphatic carbocycles. The zero-order valence-electron chi connectivity index (χ0n) is 27.1. The molecule has 6 unspecified atom stereocenters. The zero-order chi connectivity index (χ0) is 37.4. The first-order chi connectivity index (χ1) is 24.6. The van der Waals surface area contributed by atoms with Crippen LogP contribution >= 0.6 is 23.2 Å². The third kappa shape index (κ3) is 5.11. The number of amides is 5. The lowest BCUT2D eigenvalue weighted by Crippen LogP contribution is -2.53. The molecular weight excluding hydrogens is 732 g/mol. The topological polar surface area (TPSA) is 155 Å². The quantitative estimate of drug-likeness (QED) is 0.238. The number of pyridine rings is 1. The number of alkyl halides is 3. The monoisotopic (exact) mass is 758 g/mol. The van der Waals surface area contributed by atoms with Gasteiger partial charge in [-0.25, -0.2) is 9.78 Å². The molecule has 2 N–H and O–H groups in total. The van der Waals surface area contributed by atoms with Crippen LogP contribution < -0.4 is 10.2 Å². The maximum atomic E-state index is 15.1. The second kappa shape index (κ2) is 12.5. The zero-order valence-corrected chi connectivity index (χ0v) is 28.6. The van der Waals surface area contributed by atoms with E-state index in [1.165, 1.54) is 31.4 Å². The number of benzene rings is 2. The molecule has 1 aromatic heterocycles. The molecule has 0 bridgehead atoms. The van der Waals surface area contributed by atoms with Crippen LogP contribution in [0.1, 0.15) is 35.4 Å². The van der Waals surface area contributed by atoms with Gasteiger partial charge in [0.05, 0.1) is 48.0 Å². The number of carbonyl (C=O) groups is 5. The number of nitrogens with zero attached hydrogens (tertiary/aromatic N) is 3. The minimum atomic E-state index is -4.77. The van der Waals surface area contributed by atoms with E-state index in [0.717, 1.165) is 7.11 Å². The molecule has 2 aromatic carbocycles. The number of halogens is 5. The maximum absolute atomic E-state index is 15.1. The number of phenols is 1. The van der Waals surface area contributed by atoms with E-state index in [9.17, 15) is 37.5 Å². The Morgan fingerprint density at radius 1 is 1.00 bits per heavy atom. The molecule has 0 radical (unpaired) electrons. The van der Waals surface area contributed by atoms with Gasteiger partial charge in [0.25, 0.3) is 11.8 Å². The molecule has 17 heteroatoms. The second-order valence-electron chi connectivity index (χ2n) is 12.8. The summed E-state index contributed by atoms with van der Waals surface area (Å²) in [6.07, 6.45) is -3.87. The van der Waals surface area contributed by atoms with Crippen LogP contribution in [0.5, 0.6) is 11.5 Å². The van der Waals surface area contributed by atoms with Crippen LogP contribution in [0.15, 0.2) is 66.4 Å². The van der Waals surface area contributed by atoms with E-state index in [1.54, 1.807) is 24.3 Å². The van der Waals surface area contributed by atoms with Crippen molar-refractivity contribution in [3.63, 3.8) is 0 Å². The molecule has 0 spiro atoms. The second-order valence-corrected chi connectivity index (χ2v) is 13.7. The van der Waals surface area contributed by atoms with Crippen molar-refractivity contribution in [1.29, 1.82) is 0 Å². The predicted molar refractivity (Wildman–Crippen MR) is 176 cm³/mol. The number of methoxy groups -OCH3 is 2. The van der Waals surface area contributed by atoms with Gasteiger partial charge in [0, 0.05) is 17.1 Å². The molecule has 12 nitrogen and oxygen atoms in total. The number of nitrogens with one attached hydrogen (secondary N) is 1. The van der Waals surface area contributed by atoms with Gasteiger partial charge in [0.15, 0.2) is 17.3 Å². The summed E-state index contributed by atoms with van der Waals surface area (Å²) in [7, 11) is 2.38. The van der Waals surface area contributed by atoms with E-state index in [0.29, 0.717) is 43.9 Å². The van der Waals surface area contributed by atoms with Crippen molar-refractivity contribution in [3.8, 4) is 11.5 Å². The molecule has 2 saturated heterocycles. The fraction of sp³-hybridized carbons (Fsp3) is 0.314. The summed E-state index contributed by atoms with van der Waals surface area (Å²) < 4.78 is 50.2. The lowest BCUT2D eigenvalue weighted by Gasteiger charge is -2.50. The molecule has 5 amide bonds. The number of aromatic nitrogens is 1. The molecule has 270 valence electrons. The number of ether oxygens (including phenoxy) is 2. The minimum Gasteiger partial charge on any atom is -0.504 e. The first-order valence-electron chi connectivity index (χ1n) is 15.8. The van der Waals surface area contributed by atoms with Crippen LogP contribution in [0.2, 0.25) is 10.0 Å². The standard InChI is InChI=1S/C35H27Cl2F3N4O8/c1-51-25-10-3-15(11-24(25)45)27-19-8-9-20-26(31(48)43(29(20)46)33(50)52-2)21(19)13-22-30(47)44(32(49)34(22,27)16-4-6-18(36)7-5-16)42-28-23(37)12-17(14-41-28)35(38,39)40/h3-8,10-12,14,20-22,26-27,45H,9,13H2,1-2H3,(H,41,42). The number of fused-ring (bicyclic) bond motifs is 4. The number of allylic oxidation sites excluding steroid dienone is 2. The number of anilines is 1. The predicted octanol–water partition coefficient (Wildman–Crippen LogP) is 5.87. The fourth-order valence-electron chi connectivity index (χ4n) is 8.32. The van der Waals surface area contributed by atoms with Gasteiger partial charge in [-0.3, -0.25) is 24.6 Å². The Balaban J connectivity index is 1.44. The molecule has 3 fully saturated rings. The smallest absolute Gasteiger partial charge is 0.423 e. The number of rotatable bonds is 5. The summed E-state index contributed by atoms with van der Waals surface area (Å²) in [6, 6.07) is 11.2. The van der Waals surface area contributed by atoms with Gasteiger partial charge in [0.2, 0.25) is 11.8 Å². The number of carbonyl (C=O) groups excluding carboxylic acids is 5. The van der Waals surface area contributed by atoms with Crippen molar-refractivity contribution < 1.29 is 51.7 Å². The molecule has 7 rings (SSSR count).